The number of carbonyl (C=O) groups excluding carboxylic acids is 2. The Balaban J connectivity index is 1.40. The Morgan fingerprint density at radius 3 is 2.79 bits per heavy atom. The average Bonchev–Trinajstić information content (AvgIpc) is 3.17. The van der Waals surface area contributed by atoms with Crippen LogP contribution in [-0.2, 0) is 40.9 Å². The summed E-state index contributed by atoms with van der Waals surface area (Å²) < 4.78 is 52.8. The summed E-state index contributed by atoms with van der Waals surface area (Å²) in [6.45, 7) is 5.30. The van der Waals surface area contributed by atoms with Crippen LogP contribution in [0.4, 0.5) is 10.5 Å². The molecule has 2 N–H and O–H groups in total. The SMILES string of the molecule is COCCNC(=O)O[C@H]1C=CCOC(C)(C)C(=O)NS(=O)(=O)c2ccc3c(c2)N(C[C@@H]2CC[C@H]21)C[C@@]1(CCCc2cc(Cl)ccc21)CO3. The van der Waals surface area contributed by atoms with Gasteiger partial charge >= 0.3 is 6.09 Å². The minimum absolute atomic E-state index is 0.00609. The van der Waals surface area contributed by atoms with E-state index in [-0.39, 0.29) is 28.8 Å². The molecule has 4 aliphatic rings. The summed E-state index contributed by atoms with van der Waals surface area (Å²) in [6, 6.07) is 10.8. The number of methoxy groups -OCH3 is 1. The summed E-state index contributed by atoms with van der Waals surface area (Å²) in [5, 5.41) is 3.44. The number of alkyl carbamates (subject to hydrolysis) is 1. The van der Waals surface area contributed by atoms with Crippen LogP contribution in [0.25, 0.3) is 0 Å². The van der Waals surface area contributed by atoms with Crippen LogP contribution in [0, 0.1) is 11.8 Å². The van der Waals surface area contributed by atoms with Gasteiger partial charge in [-0.2, -0.15) is 0 Å². The zero-order valence-corrected chi connectivity index (χ0v) is 29.2. The summed E-state index contributed by atoms with van der Waals surface area (Å²) in [5.74, 6) is -0.0875. The van der Waals surface area contributed by atoms with Crippen molar-refractivity contribution < 1.29 is 37.0 Å². The molecule has 6 rings (SSSR count). The van der Waals surface area contributed by atoms with Gasteiger partial charge in [0, 0.05) is 43.1 Å². The van der Waals surface area contributed by atoms with Gasteiger partial charge in [-0.1, -0.05) is 23.7 Å². The molecule has 48 heavy (non-hydrogen) atoms. The molecular weight excluding hydrogens is 658 g/mol. The van der Waals surface area contributed by atoms with Crippen molar-refractivity contribution in [3.63, 3.8) is 0 Å². The number of rotatable bonds is 4. The van der Waals surface area contributed by atoms with Gasteiger partial charge in [-0.3, -0.25) is 4.79 Å². The third-order valence-corrected chi connectivity index (χ3v) is 11.7. The van der Waals surface area contributed by atoms with Gasteiger partial charge in [0.05, 0.1) is 30.4 Å². The van der Waals surface area contributed by atoms with E-state index >= 15 is 0 Å². The van der Waals surface area contributed by atoms with E-state index in [2.05, 4.69) is 21.0 Å². The molecule has 1 fully saturated rings. The summed E-state index contributed by atoms with van der Waals surface area (Å²) in [6.07, 6.45) is 6.99. The lowest BCUT2D eigenvalue weighted by Gasteiger charge is -2.46. The van der Waals surface area contributed by atoms with Crippen molar-refractivity contribution in [2.45, 2.75) is 68.0 Å². The van der Waals surface area contributed by atoms with E-state index in [4.69, 9.17) is 30.5 Å². The first-order chi connectivity index (χ1) is 22.9. The van der Waals surface area contributed by atoms with Gasteiger partial charge in [-0.05, 0) is 99.4 Å². The molecule has 2 heterocycles. The van der Waals surface area contributed by atoms with E-state index in [0.717, 1.165) is 32.1 Å². The summed E-state index contributed by atoms with van der Waals surface area (Å²) in [4.78, 5) is 28.2. The minimum Gasteiger partial charge on any atom is -0.490 e. The van der Waals surface area contributed by atoms with Crippen LogP contribution in [0.5, 0.6) is 5.75 Å². The maximum absolute atomic E-state index is 13.6. The quantitative estimate of drug-likeness (QED) is 0.343. The van der Waals surface area contributed by atoms with Gasteiger partial charge in [-0.15, -0.1) is 0 Å². The standard InChI is InChI=1S/C35H44ClN3O8S/c1-34(2)32(40)38-48(42,43)26-10-13-31-29(19-26)39(21-35(22-45-31)14-4-6-23-18-25(36)9-12-28(23)35)20-24-8-11-27(24)30(7-5-16-46-34)47-33(41)37-15-17-44-3/h5,7,9-10,12-13,18-19,24,27,30H,4,6,8,11,14-17,20-22H2,1-3H3,(H,37,41)(H,38,40)/t24-,27+,30-,35-/m0/s1. The number of amides is 2. The first-order valence-electron chi connectivity index (χ1n) is 16.5. The Morgan fingerprint density at radius 1 is 1.19 bits per heavy atom. The van der Waals surface area contributed by atoms with Gasteiger partial charge in [0.25, 0.3) is 15.9 Å². The van der Waals surface area contributed by atoms with E-state index in [1.165, 1.54) is 31.0 Å². The lowest BCUT2D eigenvalue weighted by molar-refractivity contribution is -0.139. The fourth-order valence-corrected chi connectivity index (χ4v) is 8.62. The van der Waals surface area contributed by atoms with Gasteiger partial charge in [-0.25, -0.2) is 17.9 Å². The topological polar surface area (TPSA) is 132 Å². The highest BCUT2D eigenvalue weighted by Crippen LogP contribution is 2.47. The molecule has 2 aromatic rings. The Hall–Kier alpha value is -3.32. The van der Waals surface area contributed by atoms with Crippen LogP contribution in [0.3, 0.4) is 0 Å². The predicted octanol–water partition coefficient (Wildman–Crippen LogP) is 4.75. The van der Waals surface area contributed by atoms with Crippen molar-refractivity contribution in [3.8, 4) is 5.75 Å². The first-order valence-corrected chi connectivity index (χ1v) is 18.4. The zero-order valence-electron chi connectivity index (χ0n) is 27.6. The molecule has 1 spiro atoms. The van der Waals surface area contributed by atoms with E-state index in [9.17, 15) is 18.0 Å². The first kappa shape index (κ1) is 34.5. The average molecular weight is 702 g/mol. The van der Waals surface area contributed by atoms with Crippen molar-refractivity contribution in [2.75, 3.05) is 51.5 Å². The fraction of sp³-hybridized carbons (Fsp3) is 0.543. The fourth-order valence-electron chi connectivity index (χ4n) is 7.30. The molecule has 1 saturated carbocycles. The van der Waals surface area contributed by atoms with Gasteiger partial charge in [0.2, 0.25) is 0 Å². The summed E-state index contributed by atoms with van der Waals surface area (Å²) in [5.41, 5.74) is 1.21. The molecule has 2 aliphatic heterocycles. The number of nitrogens with zero attached hydrogens (tertiary/aromatic N) is 1. The van der Waals surface area contributed by atoms with Crippen LogP contribution < -0.4 is 19.7 Å². The number of hydrogen-bond acceptors (Lipinski definition) is 9. The lowest BCUT2D eigenvalue weighted by atomic mass is 9.68. The van der Waals surface area contributed by atoms with Crippen molar-refractivity contribution >= 4 is 39.3 Å². The van der Waals surface area contributed by atoms with E-state index < -0.39 is 33.7 Å². The smallest absolute Gasteiger partial charge is 0.407 e. The highest BCUT2D eigenvalue weighted by atomic mass is 35.5. The number of benzene rings is 2. The zero-order chi connectivity index (χ0) is 34.1. The lowest BCUT2D eigenvalue weighted by Crippen LogP contribution is -2.50. The largest absolute Gasteiger partial charge is 0.490 e. The van der Waals surface area contributed by atoms with Crippen molar-refractivity contribution in [1.29, 1.82) is 0 Å². The molecule has 0 radical (unpaired) electrons. The molecule has 13 heteroatoms. The summed E-state index contributed by atoms with van der Waals surface area (Å²) >= 11 is 6.42. The van der Waals surface area contributed by atoms with Crippen LogP contribution in [0.2, 0.25) is 5.02 Å². The van der Waals surface area contributed by atoms with Crippen LogP contribution >= 0.6 is 11.6 Å². The molecule has 0 aromatic heterocycles. The molecule has 2 aliphatic carbocycles. The maximum atomic E-state index is 13.6. The number of ether oxygens (including phenoxy) is 4. The molecular formula is C35H44ClN3O8S. The second-order valence-electron chi connectivity index (χ2n) is 13.7. The Bertz CT molecular complexity index is 1680. The van der Waals surface area contributed by atoms with Crippen molar-refractivity contribution in [3.05, 3.63) is 64.7 Å². The minimum atomic E-state index is -4.24. The maximum Gasteiger partial charge on any atom is 0.407 e. The molecule has 2 aromatic carbocycles. The Kier molecular flexibility index (Phi) is 10.00. The highest BCUT2D eigenvalue weighted by molar-refractivity contribution is 7.90. The van der Waals surface area contributed by atoms with E-state index in [0.29, 0.717) is 49.3 Å². The van der Waals surface area contributed by atoms with E-state index in [1.54, 1.807) is 25.3 Å². The van der Waals surface area contributed by atoms with Gasteiger partial charge in [0.1, 0.15) is 17.5 Å². The number of fused-ring (bicyclic) bond motifs is 4. The second kappa shape index (κ2) is 13.9. The number of anilines is 1. The monoisotopic (exact) mass is 701 g/mol. The molecule has 2 amide bonds. The molecule has 4 atom stereocenters. The van der Waals surface area contributed by atoms with Crippen LogP contribution in [0.15, 0.2) is 53.4 Å². The van der Waals surface area contributed by atoms with Crippen LogP contribution in [-0.4, -0.2) is 78.7 Å². The third-order valence-electron chi connectivity index (χ3n) is 10.1. The van der Waals surface area contributed by atoms with Gasteiger partial charge in [0.15, 0.2) is 0 Å². The molecule has 11 nitrogen and oxygen atoms in total. The number of hydrogen-bond donors (Lipinski definition) is 2. The van der Waals surface area contributed by atoms with E-state index in [1.807, 2.05) is 18.2 Å². The Labute approximate surface area is 287 Å². The van der Waals surface area contributed by atoms with Crippen molar-refractivity contribution in [1.82, 2.24) is 10.0 Å². The normalized spacial score (nSPS) is 27.7. The molecule has 2 bridgehead atoms. The third kappa shape index (κ3) is 7.17. The number of nitrogens with one attached hydrogen (secondary N) is 2. The molecule has 0 saturated heterocycles. The number of halogens is 1. The second-order valence-corrected chi connectivity index (χ2v) is 15.8. The van der Waals surface area contributed by atoms with Crippen LogP contribution in [0.1, 0.15) is 50.7 Å². The summed E-state index contributed by atoms with van der Waals surface area (Å²) in [7, 11) is -2.68. The predicted molar refractivity (Wildman–Crippen MR) is 181 cm³/mol. The number of aryl methyl sites for hydroxylation is 1. The number of carbonyl (C=O) groups is 2. The number of sulfonamides is 1. The highest BCUT2D eigenvalue weighted by Gasteiger charge is 2.45. The van der Waals surface area contributed by atoms with Gasteiger partial charge < -0.3 is 29.2 Å². The molecule has 0 unspecified atom stereocenters. The Morgan fingerprint density at radius 2 is 2.02 bits per heavy atom. The van der Waals surface area contributed by atoms with Crippen molar-refractivity contribution in [2.24, 2.45) is 11.8 Å². The molecule has 260 valence electrons.